The maximum absolute atomic E-state index is 11.9. The van der Waals surface area contributed by atoms with Crippen LogP contribution in [0.15, 0.2) is 18.2 Å². The molecule has 1 fully saturated rings. The van der Waals surface area contributed by atoms with Gasteiger partial charge in [0.2, 0.25) is 5.91 Å². The average Bonchev–Trinajstić information content (AvgIpc) is 2.33. The zero-order valence-electron chi connectivity index (χ0n) is 11.0. The Bertz CT molecular complexity index is 611. The SMILES string of the molecule is CC1(C)C(=O)NC(=O)CN1c1cc(N)cc([N+](=O)[O-])c1. The van der Waals surface area contributed by atoms with Crippen LogP contribution >= 0.6 is 0 Å². The fourth-order valence-corrected chi connectivity index (χ4v) is 2.08. The number of nitrogen functional groups attached to an aromatic ring is 1. The van der Waals surface area contributed by atoms with Gasteiger partial charge < -0.3 is 10.6 Å². The van der Waals surface area contributed by atoms with Crippen LogP contribution in [-0.2, 0) is 9.59 Å². The highest BCUT2D eigenvalue weighted by Gasteiger charge is 2.41. The maximum Gasteiger partial charge on any atom is 0.273 e. The van der Waals surface area contributed by atoms with Crippen molar-refractivity contribution in [2.75, 3.05) is 17.2 Å². The first-order valence-electron chi connectivity index (χ1n) is 5.88. The van der Waals surface area contributed by atoms with Crippen molar-refractivity contribution in [3.8, 4) is 0 Å². The van der Waals surface area contributed by atoms with E-state index < -0.39 is 22.3 Å². The summed E-state index contributed by atoms with van der Waals surface area (Å²) < 4.78 is 0. The normalized spacial score (nSPS) is 17.8. The van der Waals surface area contributed by atoms with Gasteiger partial charge in [-0.25, -0.2) is 0 Å². The number of nitrogens with one attached hydrogen (secondary N) is 1. The van der Waals surface area contributed by atoms with Gasteiger partial charge in [-0.3, -0.25) is 25.0 Å². The molecule has 0 aliphatic carbocycles. The maximum atomic E-state index is 11.9. The van der Waals surface area contributed by atoms with Crippen molar-refractivity contribution in [3.63, 3.8) is 0 Å². The average molecular weight is 278 g/mol. The highest BCUT2D eigenvalue weighted by Crippen LogP contribution is 2.31. The minimum atomic E-state index is -1.00. The van der Waals surface area contributed by atoms with Crippen molar-refractivity contribution in [3.05, 3.63) is 28.3 Å². The number of amides is 2. The van der Waals surface area contributed by atoms with Gasteiger partial charge in [0.05, 0.1) is 11.5 Å². The van der Waals surface area contributed by atoms with Crippen molar-refractivity contribution in [2.45, 2.75) is 19.4 Å². The van der Waals surface area contributed by atoms with Crippen LogP contribution in [0.4, 0.5) is 17.1 Å². The molecule has 0 atom stereocenters. The van der Waals surface area contributed by atoms with E-state index >= 15 is 0 Å². The van der Waals surface area contributed by atoms with Crippen LogP contribution in [0.1, 0.15) is 13.8 Å². The third kappa shape index (κ3) is 2.27. The number of hydrogen-bond donors (Lipinski definition) is 2. The first-order chi connectivity index (χ1) is 9.21. The van der Waals surface area contributed by atoms with Crippen LogP contribution < -0.4 is 16.0 Å². The molecule has 1 aliphatic heterocycles. The van der Waals surface area contributed by atoms with E-state index in [9.17, 15) is 19.7 Å². The van der Waals surface area contributed by atoms with Gasteiger partial charge in [0.1, 0.15) is 5.54 Å². The highest BCUT2D eigenvalue weighted by molar-refractivity contribution is 6.06. The molecule has 3 N–H and O–H groups in total. The third-order valence-corrected chi connectivity index (χ3v) is 3.23. The molecular formula is C12H14N4O4. The predicted molar refractivity (Wildman–Crippen MR) is 72.1 cm³/mol. The van der Waals surface area contributed by atoms with Crippen LogP contribution in [0.25, 0.3) is 0 Å². The summed E-state index contributed by atoms with van der Waals surface area (Å²) >= 11 is 0. The summed E-state index contributed by atoms with van der Waals surface area (Å²) in [5.74, 6) is -0.918. The predicted octanol–water partition coefficient (Wildman–Crippen LogP) is 0.418. The summed E-state index contributed by atoms with van der Waals surface area (Å²) in [6, 6.07) is 4.02. The van der Waals surface area contributed by atoms with E-state index in [0.717, 1.165) is 0 Å². The van der Waals surface area contributed by atoms with Crippen molar-refractivity contribution < 1.29 is 14.5 Å². The van der Waals surface area contributed by atoms with Gasteiger partial charge in [-0.05, 0) is 19.9 Å². The summed E-state index contributed by atoms with van der Waals surface area (Å²) in [6.07, 6.45) is 0. The molecule has 2 rings (SSSR count). The smallest absolute Gasteiger partial charge is 0.273 e. The standard InChI is InChI=1S/C12H14N4O4/c1-12(2)11(18)14-10(17)6-15(12)8-3-7(13)4-9(5-8)16(19)20/h3-5H,6,13H2,1-2H3,(H,14,17,18). The van der Waals surface area contributed by atoms with Gasteiger partial charge in [0, 0.05) is 23.5 Å². The Kier molecular flexibility index (Phi) is 3.09. The summed E-state index contributed by atoms with van der Waals surface area (Å²) in [6.45, 7) is 3.19. The molecule has 0 saturated carbocycles. The van der Waals surface area contributed by atoms with Crippen molar-refractivity contribution >= 4 is 28.9 Å². The molecule has 106 valence electrons. The Morgan fingerprint density at radius 3 is 2.60 bits per heavy atom. The Labute approximate surface area is 114 Å². The highest BCUT2D eigenvalue weighted by atomic mass is 16.6. The number of non-ortho nitro benzene ring substituents is 1. The van der Waals surface area contributed by atoms with Crippen LogP contribution in [0.5, 0.6) is 0 Å². The molecular weight excluding hydrogens is 264 g/mol. The molecule has 0 bridgehead atoms. The van der Waals surface area contributed by atoms with Gasteiger partial charge in [-0.15, -0.1) is 0 Å². The van der Waals surface area contributed by atoms with Crippen LogP contribution in [0, 0.1) is 10.1 Å². The number of hydrogen-bond acceptors (Lipinski definition) is 6. The van der Waals surface area contributed by atoms with E-state index in [1.807, 2.05) is 0 Å². The van der Waals surface area contributed by atoms with Gasteiger partial charge in [0.15, 0.2) is 0 Å². The van der Waals surface area contributed by atoms with E-state index in [4.69, 9.17) is 5.73 Å². The Balaban J connectivity index is 2.51. The Hall–Kier alpha value is -2.64. The number of benzene rings is 1. The zero-order valence-corrected chi connectivity index (χ0v) is 11.0. The van der Waals surface area contributed by atoms with Gasteiger partial charge in [-0.1, -0.05) is 0 Å². The van der Waals surface area contributed by atoms with E-state index in [-0.39, 0.29) is 17.9 Å². The van der Waals surface area contributed by atoms with Crippen LogP contribution in [-0.4, -0.2) is 28.8 Å². The second-order valence-corrected chi connectivity index (χ2v) is 5.06. The number of carbonyl (C=O) groups excluding carboxylic acids is 2. The van der Waals surface area contributed by atoms with E-state index in [1.165, 1.54) is 23.1 Å². The van der Waals surface area contributed by atoms with Gasteiger partial charge >= 0.3 is 0 Å². The lowest BCUT2D eigenvalue weighted by Gasteiger charge is -2.41. The number of imide groups is 1. The Morgan fingerprint density at radius 1 is 1.35 bits per heavy atom. The quantitative estimate of drug-likeness (QED) is 0.350. The largest absolute Gasteiger partial charge is 0.398 e. The number of piperazine rings is 1. The lowest BCUT2D eigenvalue weighted by molar-refractivity contribution is -0.384. The van der Waals surface area contributed by atoms with E-state index in [0.29, 0.717) is 5.69 Å². The minimum absolute atomic E-state index is 0.0701. The van der Waals surface area contributed by atoms with Crippen LogP contribution in [0.2, 0.25) is 0 Å². The third-order valence-electron chi connectivity index (χ3n) is 3.23. The molecule has 1 aromatic carbocycles. The lowest BCUT2D eigenvalue weighted by atomic mass is 9.97. The second kappa shape index (κ2) is 4.48. The first-order valence-corrected chi connectivity index (χ1v) is 5.88. The Morgan fingerprint density at radius 2 is 2.00 bits per heavy atom. The molecule has 8 heteroatoms. The number of carbonyl (C=O) groups is 2. The zero-order chi connectivity index (χ0) is 15.1. The number of nitro groups is 1. The summed E-state index contributed by atoms with van der Waals surface area (Å²) in [5, 5.41) is 13.1. The molecule has 0 unspecified atom stereocenters. The first kappa shape index (κ1) is 13.8. The molecule has 0 spiro atoms. The van der Waals surface area contributed by atoms with Gasteiger partial charge in [0.25, 0.3) is 11.6 Å². The van der Waals surface area contributed by atoms with Crippen molar-refractivity contribution in [2.24, 2.45) is 0 Å². The molecule has 1 aromatic rings. The molecule has 1 aliphatic rings. The number of anilines is 2. The molecule has 2 amide bonds. The number of nitrogens with zero attached hydrogens (tertiary/aromatic N) is 2. The van der Waals surface area contributed by atoms with Crippen LogP contribution in [0.3, 0.4) is 0 Å². The minimum Gasteiger partial charge on any atom is -0.398 e. The summed E-state index contributed by atoms with van der Waals surface area (Å²) in [5.41, 5.74) is 5.02. The molecule has 8 nitrogen and oxygen atoms in total. The molecule has 0 aromatic heterocycles. The summed E-state index contributed by atoms with van der Waals surface area (Å²) in [7, 11) is 0. The summed E-state index contributed by atoms with van der Waals surface area (Å²) in [4.78, 5) is 35.2. The number of nitro benzene ring substituents is 1. The van der Waals surface area contributed by atoms with Crippen molar-refractivity contribution in [1.82, 2.24) is 5.32 Å². The second-order valence-electron chi connectivity index (χ2n) is 5.06. The fraction of sp³-hybridized carbons (Fsp3) is 0.333. The molecule has 20 heavy (non-hydrogen) atoms. The molecule has 0 radical (unpaired) electrons. The molecule has 1 saturated heterocycles. The molecule has 1 heterocycles. The lowest BCUT2D eigenvalue weighted by Crippen LogP contribution is -2.64. The fourth-order valence-electron chi connectivity index (χ4n) is 2.08. The van der Waals surface area contributed by atoms with E-state index in [1.54, 1.807) is 13.8 Å². The van der Waals surface area contributed by atoms with E-state index in [2.05, 4.69) is 5.32 Å². The topological polar surface area (TPSA) is 119 Å². The number of nitrogens with two attached hydrogens (primary N) is 1. The van der Waals surface area contributed by atoms with Gasteiger partial charge in [-0.2, -0.15) is 0 Å². The van der Waals surface area contributed by atoms with Crippen molar-refractivity contribution in [1.29, 1.82) is 0 Å². The number of rotatable bonds is 2. The monoisotopic (exact) mass is 278 g/mol.